The monoisotopic (exact) mass is 213 g/mol. The van der Waals surface area contributed by atoms with E-state index in [0.717, 1.165) is 0 Å². The van der Waals surface area contributed by atoms with Crippen LogP contribution in [0, 0.1) is 0 Å². The molecule has 5 heteroatoms. The molecule has 1 heterocycles. The van der Waals surface area contributed by atoms with E-state index < -0.39 is 5.97 Å². The average Bonchev–Trinajstić information content (AvgIpc) is 2.27. The Kier molecular flexibility index (Phi) is 3.59. The second kappa shape index (κ2) is 4.72. The molecule has 0 spiro atoms. The Morgan fingerprint density at radius 2 is 2.36 bits per heavy atom. The van der Waals surface area contributed by atoms with E-state index in [4.69, 9.17) is 11.6 Å². The fraction of sp³-hybridized carbons (Fsp3) is 0.222. The van der Waals surface area contributed by atoms with Crippen molar-refractivity contribution in [1.82, 2.24) is 4.98 Å². The highest BCUT2D eigenvalue weighted by atomic mass is 35.5. The van der Waals surface area contributed by atoms with Crippen molar-refractivity contribution in [2.45, 2.75) is 5.88 Å². The molecule has 0 radical (unpaired) electrons. The van der Waals surface area contributed by atoms with E-state index in [-0.39, 0.29) is 17.1 Å². The summed E-state index contributed by atoms with van der Waals surface area (Å²) >= 11 is 5.55. The lowest BCUT2D eigenvalue weighted by Crippen LogP contribution is -2.05. The first-order valence-electron chi connectivity index (χ1n) is 3.81. The third-order valence-corrected chi connectivity index (χ3v) is 1.85. The lowest BCUT2D eigenvalue weighted by molar-refractivity contribution is 0.0600. The predicted octanol–water partition coefficient (Wildman–Crippen LogP) is 1.42. The van der Waals surface area contributed by atoms with Gasteiger partial charge < -0.3 is 4.74 Å². The minimum absolute atomic E-state index is 0.145. The molecule has 0 bridgehead atoms. The third-order valence-electron chi connectivity index (χ3n) is 1.58. The summed E-state index contributed by atoms with van der Waals surface area (Å²) in [6.07, 6.45) is 0.558. The van der Waals surface area contributed by atoms with Gasteiger partial charge in [0.05, 0.1) is 24.2 Å². The molecule has 0 N–H and O–H groups in total. The zero-order chi connectivity index (χ0) is 10.6. The lowest BCUT2D eigenvalue weighted by Gasteiger charge is -2.02. The van der Waals surface area contributed by atoms with E-state index in [0.29, 0.717) is 12.0 Å². The maximum atomic E-state index is 11.1. The molecule has 0 atom stereocenters. The van der Waals surface area contributed by atoms with Crippen molar-refractivity contribution in [3.05, 3.63) is 29.1 Å². The van der Waals surface area contributed by atoms with Gasteiger partial charge in [-0.15, -0.1) is 11.6 Å². The first-order valence-corrected chi connectivity index (χ1v) is 4.35. The fourth-order valence-corrected chi connectivity index (χ4v) is 1.11. The van der Waals surface area contributed by atoms with Gasteiger partial charge in [-0.05, 0) is 12.1 Å². The molecule has 0 saturated carbocycles. The van der Waals surface area contributed by atoms with Crippen molar-refractivity contribution in [1.29, 1.82) is 0 Å². The first-order chi connectivity index (χ1) is 6.71. The predicted molar refractivity (Wildman–Crippen MR) is 50.5 cm³/mol. The third kappa shape index (κ3) is 2.29. The molecule has 14 heavy (non-hydrogen) atoms. The second-order valence-electron chi connectivity index (χ2n) is 2.52. The molecule has 1 aromatic heterocycles. The number of alkyl halides is 1. The van der Waals surface area contributed by atoms with Crippen LogP contribution in [0.2, 0.25) is 0 Å². The van der Waals surface area contributed by atoms with Crippen LogP contribution in [0.15, 0.2) is 12.1 Å². The molecule has 1 rings (SSSR count). The molecule has 4 nitrogen and oxygen atoms in total. The zero-order valence-electron chi connectivity index (χ0n) is 7.49. The van der Waals surface area contributed by atoms with Crippen LogP contribution in [0.5, 0.6) is 0 Å². The smallest absolute Gasteiger partial charge is 0.337 e. The maximum Gasteiger partial charge on any atom is 0.337 e. The number of halogens is 1. The molecule has 0 amide bonds. The highest BCUT2D eigenvalue weighted by Crippen LogP contribution is 2.08. The molecule has 0 fully saturated rings. The maximum absolute atomic E-state index is 11.1. The van der Waals surface area contributed by atoms with Crippen molar-refractivity contribution < 1.29 is 14.3 Å². The zero-order valence-corrected chi connectivity index (χ0v) is 8.25. The van der Waals surface area contributed by atoms with E-state index in [1.807, 2.05) is 0 Å². The number of carbonyl (C=O) groups is 2. The van der Waals surface area contributed by atoms with Crippen LogP contribution < -0.4 is 0 Å². The minimum atomic E-state index is -0.512. The molecule has 74 valence electrons. The van der Waals surface area contributed by atoms with Gasteiger partial charge >= 0.3 is 5.97 Å². The minimum Gasteiger partial charge on any atom is -0.465 e. The standard InChI is InChI=1S/C9H8ClNO3/c1-14-9(13)6-2-7(4-10)11-8(3-6)5-12/h2-3,5H,4H2,1H3. The number of ether oxygens (including phenoxy) is 1. The van der Waals surface area contributed by atoms with Gasteiger partial charge in [0, 0.05) is 0 Å². The molecule has 0 aliphatic heterocycles. The molecular weight excluding hydrogens is 206 g/mol. The van der Waals surface area contributed by atoms with Crippen molar-refractivity contribution in [2.75, 3.05) is 7.11 Å². The number of pyridine rings is 1. The van der Waals surface area contributed by atoms with Gasteiger partial charge in [-0.1, -0.05) is 0 Å². The van der Waals surface area contributed by atoms with Crippen molar-refractivity contribution in [3.8, 4) is 0 Å². The Morgan fingerprint density at radius 1 is 1.64 bits per heavy atom. The van der Waals surface area contributed by atoms with Crippen LogP contribution in [0.25, 0.3) is 0 Å². The van der Waals surface area contributed by atoms with E-state index in [1.54, 1.807) is 0 Å². The van der Waals surface area contributed by atoms with Gasteiger partial charge in [0.1, 0.15) is 5.69 Å². The second-order valence-corrected chi connectivity index (χ2v) is 2.78. The average molecular weight is 214 g/mol. The lowest BCUT2D eigenvalue weighted by atomic mass is 10.2. The summed E-state index contributed by atoms with van der Waals surface area (Å²) in [5, 5.41) is 0. The van der Waals surface area contributed by atoms with Gasteiger partial charge in [0.15, 0.2) is 6.29 Å². The number of aromatic nitrogens is 1. The Balaban J connectivity index is 3.16. The van der Waals surface area contributed by atoms with Gasteiger partial charge in [-0.25, -0.2) is 9.78 Å². The summed E-state index contributed by atoms with van der Waals surface area (Å²) in [6, 6.07) is 2.85. The fourth-order valence-electron chi connectivity index (χ4n) is 0.975. The van der Waals surface area contributed by atoms with Crippen LogP contribution in [0.3, 0.4) is 0 Å². The van der Waals surface area contributed by atoms with Crippen molar-refractivity contribution >= 4 is 23.9 Å². The summed E-state index contributed by atoms with van der Waals surface area (Å²) in [4.78, 5) is 25.5. The quantitative estimate of drug-likeness (QED) is 0.433. The molecule has 1 aromatic rings. The number of methoxy groups -OCH3 is 1. The van der Waals surface area contributed by atoms with Crippen LogP contribution in [0.1, 0.15) is 26.5 Å². The van der Waals surface area contributed by atoms with Gasteiger partial charge in [0.25, 0.3) is 0 Å². The Morgan fingerprint density at radius 3 is 2.86 bits per heavy atom. The molecule has 0 aliphatic carbocycles. The molecule has 0 aliphatic rings. The summed E-state index contributed by atoms with van der Waals surface area (Å²) in [5.74, 6) is -0.368. The summed E-state index contributed by atoms with van der Waals surface area (Å²) < 4.78 is 4.51. The number of carbonyl (C=O) groups excluding carboxylic acids is 2. The molecule has 0 saturated heterocycles. The molecular formula is C9H8ClNO3. The number of esters is 1. The molecule has 0 unspecified atom stereocenters. The SMILES string of the molecule is COC(=O)c1cc(C=O)nc(CCl)c1. The van der Waals surface area contributed by atoms with E-state index in [1.165, 1.54) is 19.2 Å². The summed E-state index contributed by atoms with van der Waals surface area (Å²) in [7, 11) is 1.27. The van der Waals surface area contributed by atoms with E-state index in [9.17, 15) is 9.59 Å². The van der Waals surface area contributed by atoms with Crippen LogP contribution in [-0.2, 0) is 10.6 Å². The summed E-state index contributed by atoms with van der Waals surface area (Å²) in [6.45, 7) is 0. The normalized spacial score (nSPS) is 9.57. The van der Waals surface area contributed by atoms with Crippen LogP contribution in [0.4, 0.5) is 0 Å². The van der Waals surface area contributed by atoms with Gasteiger partial charge in [-0.3, -0.25) is 4.79 Å². The summed E-state index contributed by atoms with van der Waals surface area (Å²) in [5.41, 5.74) is 0.917. The number of hydrogen-bond donors (Lipinski definition) is 0. The van der Waals surface area contributed by atoms with Crippen molar-refractivity contribution in [3.63, 3.8) is 0 Å². The van der Waals surface area contributed by atoms with Crippen molar-refractivity contribution in [2.24, 2.45) is 0 Å². The van der Waals surface area contributed by atoms with E-state index >= 15 is 0 Å². The van der Waals surface area contributed by atoms with Gasteiger partial charge in [0.2, 0.25) is 0 Å². The van der Waals surface area contributed by atoms with Crippen LogP contribution >= 0.6 is 11.6 Å². The highest BCUT2D eigenvalue weighted by molar-refractivity contribution is 6.17. The number of rotatable bonds is 3. The number of aldehydes is 1. The first kappa shape index (κ1) is 10.7. The molecule has 0 aromatic carbocycles. The number of hydrogen-bond acceptors (Lipinski definition) is 4. The highest BCUT2D eigenvalue weighted by Gasteiger charge is 2.09. The van der Waals surface area contributed by atoms with Gasteiger partial charge in [-0.2, -0.15) is 0 Å². The topological polar surface area (TPSA) is 56.3 Å². The Labute approximate surface area is 85.9 Å². The largest absolute Gasteiger partial charge is 0.465 e. The van der Waals surface area contributed by atoms with Crippen LogP contribution in [-0.4, -0.2) is 24.3 Å². The Bertz CT molecular complexity index is 365. The number of nitrogens with zero attached hydrogens (tertiary/aromatic N) is 1. The Hall–Kier alpha value is -1.42. The van der Waals surface area contributed by atoms with E-state index in [2.05, 4.69) is 9.72 Å².